The highest BCUT2D eigenvalue weighted by atomic mass is 19.1. The Morgan fingerprint density at radius 1 is 1.33 bits per heavy atom. The number of hydrogen-bond acceptors (Lipinski definition) is 2. The maximum Gasteiger partial charge on any atom is 0.146 e. The van der Waals surface area contributed by atoms with Crippen LogP contribution in [0.15, 0.2) is 18.2 Å². The molecule has 0 saturated carbocycles. The maximum atomic E-state index is 14.4. The van der Waals surface area contributed by atoms with Gasteiger partial charge in [0, 0.05) is 25.2 Å². The average Bonchev–Trinajstić information content (AvgIpc) is 2.84. The molecule has 0 aromatic heterocycles. The second kappa shape index (κ2) is 6.78. The lowest BCUT2D eigenvalue weighted by Crippen LogP contribution is -2.35. The number of benzene rings is 1. The molecule has 1 aromatic carbocycles. The van der Waals surface area contributed by atoms with Gasteiger partial charge in [0.2, 0.25) is 0 Å². The Labute approximate surface area is 128 Å². The van der Waals surface area contributed by atoms with Gasteiger partial charge in [-0.15, -0.1) is 0 Å². The number of hydrogen-bond donors (Lipinski definition) is 1. The first-order valence-corrected chi connectivity index (χ1v) is 8.18. The molecule has 1 fully saturated rings. The smallest absolute Gasteiger partial charge is 0.146 e. The Kier molecular flexibility index (Phi) is 5.26. The van der Waals surface area contributed by atoms with Gasteiger partial charge in [-0.05, 0) is 51.2 Å². The summed E-state index contributed by atoms with van der Waals surface area (Å²) >= 11 is 0. The van der Waals surface area contributed by atoms with Crippen molar-refractivity contribution >= 4 is 5.69 Å². The Bertz CT molecular complexity index is 465. The van der Waals surface area contributed by atoms with Crippen molar-refractivity contribution in [1.29, 1.82) is 0 Å². The topological polar surface area (TPSA) is 15.3 Å². The van der Waals surface area contributed by atoms with Gasteiger partial charge in [-0.25, -0.2) is 4.39 Å². The second-order valence-electron chi connectivity index (χ2n) is 7.24. The Balaban J connectivity index is 2.15. The van der Waals surface area contributed by atoms with E-state index in [1.807, 2.05) is 12.1 Å². The lowest BCUT2D eigenvalue weighted by Gasteiger charge is -2.26. The summed E-state index contributed by atoms with van der Waals surface area (Å²) in [6.45, 7) is 11.3. The fourth-order valence-corrected chi connectivity index (χ4v) is 3.10. The van der Waals surface area contributed by atoms with E-state index in [1.165, 1.54) is 19.3 Å². The van der Waals surface area contributed by atoms with Crippen LogP contribution in [0.5, 0.6) is 0 Å². The van der Waals surface area contributed by atoms with E-state index in [0.29, 0.717) is 6.54 Å². The van der Waals surface area contributed by atoms with Crippen molar-refractivity contribution < 1.29 is 4.39 Å². The van der Waals surface area contributed by atoms with Gasteiger partial charge >= 0.3 is 0 Å². The van der Waals surface area contributed by atoms with E-state index in [2.05, 4.69) is 37.9 Å². The van der Waals surface area contributed by atoms with Crippen LogP contribution in [-0.2, 0) is 6.54 Å². The molecule has 1 aliphatic rings. The Morgan fingerprint density at radius 2 is 2.10 bits per heavy atom. The van der Waals surface area contributed by atoms with Gasteiger partial charge in [0.25, 0.3) is 0 Å². The second-order valence-corrected chi connectivity index (χ2v) is 7.24. The van der Waals surface area contributed by atoms with Crippen molar-refractivity contribution in [1.82, 2.24) is 5.32 Å². The van der Waals surface area contributed by atoms with Crippen molar-refractivity contribution in [2.45, 2.75) is 59.0 Å². The molecule has 1 aliphatic heterocycles. The third kappa shape index (κ3) is 4.44. The molecule has 0 radical (unpaired) electrons. The molecule has 1 N–H and O–H groups in total. The molecule has 1 aromatic rings. The lowest BCUT2D eigenvalue weighted by molar-refractivity contribution is 0.423. The maximum absolute atomic E-state index is 14.4. The molecule has 1 saturated heterocycles. The van der Waals surface area contributed by atoms with Gasteiger partial charge in [0.05, 0.1) is 5.69 Å². The summed E-state index contributed by atoms with van der Waals surface area (Å²) in [7, 11) is 0. The summed E-state index contributed by atoms with van der Waals surface area (Å²) in [5, 5.41) is 3.47. The molecule has 0 amide bonds. The zero-order valence-corrected chi connectivity index (χ0v) is 13.9. The first-order chi connectivity index (χ1) is 9.90. The van der Waals surface area contributed by atoms with E-state index in [1.54, 1.807) is 6.07 Å². The van der Waals surface area contributed by atoms with E-state index in [9.17, 15) is 4.39 Å². The number of nitrogens with zero attached hydrogens (tertiary/aromatic N) is 1. The summed E-state index contributed by atoms with van der Waals surface area (Å²) in [6, 6.07) is 5.45. The molecule has 1 heterocycles. The molecule has 2 nitrogen and oxygen atoms in total. The molecule has 1 atom stereocenters. The Hall–Kier alpha value is -1.09. The van der Waals surface area contributed by atoms with Crippen LogP contribution in [0.4, 0.5) is 10.1 Å². The fourth-order valence-electron chi connectivity index (χ4n) is 3.10. The van der Waals surface area contributed by atoms with Crippen LogP contribution >= 0.6 is 0 Å². The summed E-state index contributed by atoms with van der Waals surface area (Å²) in [5.74, 6) is 0.637. The van der Waals surface area contributed by atoms with Gasteiger partial charge in [-0.2, -0.15) is 0 Å². The van der Waals surface area contributed by atoms with Gasteiger partial charge < -0.3 is 10.2 Å². The molecular formula is C18H29FN2. The van der Waals surface area contributed by atoms with Crippen LogP contribution in [0.1, 0.15) is 52.5 Å². The summed E-state index contributed by atoms with van der Waals surface area (Å²) in [5.41, 5.74) is 1.93. The highest BCUT2D eigenvalue weighted by Gasteiger charge is 2.26. The van der Waals surface area contributed by atoms with Crippen LogP contribution in [-0.4, -0.2) is 18.6 Å². The minimum atomic E-state index is -0.0830. The van der Waals surface area contributed by atoms with E-state index in [4.69, 9.17) is 0 Å². The predicted octanol–water partition coefficient (Wildman–Crippen LogP) is 4.34. The predicted molar refractivity (Wildman–Crippen MR) is 88.2 cm³/mol. The number of rotatable bonds is 5. The summed E-state index contributed by atoms with van der Waals surface area (Å²) in [4.78, 5) is 2.25. The van der Waals surface area contributed by atoms with Gasteiger partial charge in [0.1, 0.15) is 5.82 Å². The van der Waals surface area contributed by atoms with Crippen molar-refractivity contribution in [2.75, 3.05) is 18.0 Å². The quantitative estimate of drug-likeness (QED) is 0.868. The minimum Gasteiger partial charge on any atom is -0.369 e. The lowest BCUT2D eigenvalue weighted by atomic mass is 10.0. The molecule has 1 unspecified atom stereocenters. The van der Waals surface area contributed by atoms with Crippen LogP contribution in [0.25, 0.3) is 0 Å². The molecular weight excluding hydrogens is 263 g/mol. The highest BCUT2D eigenvalue weighted by Crippen LogP contribution is 2.31. The largest absolute Gasteiger partial charge is 0.369 e. The van der Waals surface area contributed by atoms with Gasteiger partial charge in [-0.3, -0.25) is 0 Å². The number of para-hydroxylation sites is 1. The molecule has 2 rings (SSSR count). The van der Waals surface area contributed by atoms with Crippen molar-refractivity contribution in [3.05, 3.63) is 29.6 Å². The Morgan fingerprint density at radius 3 is 2.76 bits per heavy atom. The third-order valence-electron chi connectivity index (χ3n) is 4.18. The number of anilines is 1. The van der Waals surface area contributed by atoms with Crippen molar-refractivity contribution in [2.24, 2.45) is 5.92 Å². The van der Waals surface area contributed by atoms with Crippen LogP contribution in [0.2, 0.25) is 0 Å². The van der Waals surface area contributed by atoms with E-state index in [0.717, 1.165) is 30.3 Å². The summed E-state index contributed by atoms with van der Waals surface area (Å²) in [6.07, 6.45) is 3.66. The summed E-state index contributed by atoms with van der Waals surface area (Å²) < 4.78 is 14.4. The molecule has 21 heavy (non-hydrogen) atoms. The first kappa shape index (κ1) is 16.3. The number of nitrogens with one attached hydrogen (secondary N) is 1. The first-order valence-electron chi connectivity index (χ1n) is 8.18. The normalized spacial score (nSPS) is 19.3. The molecule has 118 valence electrons. The SMILES string of the molecule is CCCC1CCN(c2c(F)cccc2CNC(C)(C)C)C1. The zero-order valence-electron chi connectivity index (χ0n) is 13.9. The van der Waals surface area contributed by atoms with Crippen LogP contribution < -0.4 is 10.2 Å². The molecule has 3 heteroatoms. The molecule has 0 bridgehead atoms. The van der Waals surface area contributed by atoms with Gasteiger partial charge in [-0.1, -0.05) is 25.5 Å². The zero-order chi connectivity index (χ0) is 15.5. The van der Waals surface area contributed by atoms with Crippen molar-refractivity contribution in [3.8, 4) is 0 Å². The van der Waals surface area contributed by atoms with Crippen LogP contribution in [0.3, 0.4) is 0 Å². The van der Waals surface area contributed by atoms with E-state index >= 15 is 0 Å². The average molecular weight is 292 g/mol. The van der Waals surface area contributed by atoms with E-state index in [-0.39, 0.29) is 11.4 Å². The van der Waals surface area contributed by atoms with Gasteiger partial charge in [0.15, 0.2) is 0 Å². The highest BCUT2D eigenvalue weighted by molar-refractivity contribution is 5.55. The molecule has 0 aliphatic carbocycles. The monoisotopic (exact) mass is 292 g/mol. The standard InChI is InChI=1S/C18H29FN2/c1-5-7-14-10-11-21(13-14)17-15(8-6-9-16(17)19)12-20-18(2,3)4/h6,8-9,14,20H,5,7,10-13H2,1-4H3. The number of halogens is 1. The minimum absolute atomic E-state index is 0.0410. The third-order valence-corrected chi connectivity index (χ3v) is 4.18. The van der Waals surface area contributed by atoms with E-state index < -0.39 is 0 Å². The fraction of sp³-hybridized carbons (Fsp3) is 0.667. The van der Waals surface area contributed by atoms with Crippen molar-refractivity contribution in [3.63, 3.8) is 0 Å². The van der Waals surface area contributed by atoms with Crippen LogP contribution in [0, 0.1) is 11.7 Å². The molecule has 0 spiro atoms.